The summed E-state index contributed by atoms with van der Waals surface area (Å²) < 4.78 is 3.27. The average molecular weight is 457 g/mol. The second-order valence-corrected chi connectivity index (χ2v) is 8.35. The van der Waals surface area contributed by atoms with Gasteiger partial charge < -0.3 is 5.32 Å². The lowest BCUT2D eigenvalue weighted by Crippen LogP contribution is -2.22. The quantitative estimate of drug-likeness (QED) is 0.320. The smallest absolute Gasteiger partial charge is 0.295 e. The van der Waals surface area contributed by atoms with Crippen LogP contribution in [0.5, 0.6) is 0 Å². The molecule has 1 N–H and O–H groups in total. The van der Waals surface area contributed by atoms with E-state index in [1.165, 1.54) is 9.58 Å². The van der Waals surface area contributed by atoms with Crippen molar-refractivity contribution in [3.8, 4) is 5.69 Å². The maximum atomic E-state index is 13.1. The first-order valence-corrected chi connectivity index (χ1v) is 11.6. The molecular weight excluding hydrogens is 432 g/mol. The van der Waals surface area contributed by atoms with Crippen LogP contribution in [0.2, 0.25) is 0 Å². The topological polar surface area (TPSA) is 68.4 Å². The molecule has 1 heterocycles. The van der Waals surface area contributed by atoms with E-state index in [9.17, 15) is 9.59 Å². The Kier molecular flexibility index (Phi) is 6.60. The Morgan fingerprint density at radius 1 is 1.00 bits per heavy atom. The van der Waals surface area contributed by atoms with Crippen molar-refractivity contribution in [1.82, 2.24) is 9.36 Å². The fourth-order valence-electron chi connectivity index (χ4n) is 3.46. The van der Waals surface area contributed by atoms with Gasteiger partial charge in [0.2, 0.25) is 0 Å². The second kappa shape index (κ2) is 9.75. The van der Waals surface area contributed by atoms with Crippen molar-refractivity contribution < 1.29 is 4.79 Å². The Bertz CT molecular complexity index is 1370. The van der Waals surface area contributed by atoms with Crippen LogP contribution in [0.25, 0.3) is 5.69 Å². The number of nitrogens with zero attached hydrogens (tertiary/aromatic N) is 3. The van der Waals surface area contributed by atoms with E-state index in [0.29, 0.717) is 16.9 Å². The molecule has 7 heteroatoms. The lowest BCUT2D eigenvalue weighted by molar-refractivity contribution is 0.102. The number of anilines is 1. The third-order valence-electron chi connectivity index (χ3n) is 5.38. The number of carbonyl (C=O) groups is 1. The summed E-state index contributed by atoms with van der Waals surface area (Å²) in [6.07, 6.45) is 3.80. The fourth-order valence-corrected chi connectivity index (χ4v) is 3.87. The molecule has 0 aliphatic rings. The number of carbonyl (C=O) groups excluding carboxylic acids is 1. The number of para-hydroxylation sites is 1. The molecule has 0 aliphatic heterocycles. The minimum atomic E-state index is -0.359. The van der Waals surface area contributed by atoms with Crippen LogP contribution in [-0.2, 0) is 7.05 Å². The van der Waals surface area contributed by atoms with Gasteiger partial charge in [0.1, 0.15) is 5.69 Å². The summed E-state index contributed by atoms with van der Waals surface area (Å²) in [5.74, 6) is -0.359. The normalized spacial score (nSPS) is 11.1. The Hall–Kier alpha value is -3.84. The summed E-state index contributed by atoms with van der Waals surface area (Å²) in [6, 6.07) is 24.4. The molecule has 0 fully saturated rings. The average Bonchev–Trinajstić information content (AvgIpc) is 3.06. The van der Waals surface area contributed by atoms with Crippen molar-refractivity contribution >= 4 is 35.3 Å². The summed E-state index contributed by atoms with van der Waals surface area (Å²) in [4.78, 5) is 31.7. The molecule has 0 radical (unpaired) electrons. The minimum absolute atomic E-state index is 0.258. The molecule has 6 nitrogen and oxygen atoms in total. The highest BCUT2D eigenvalue weighted by Crippen LogP contribution is 2.19. The minimum Gasteiger partial charge on any atom is -0.316 e. The van der Waals surface area contributed by atoms with Gasteiger partial charge in [0.15, 0.2) is 0 Å². The van der Waals surface area contributed by atoms with Crippen LogP contribution < -0.4 is 10.9 Å². The zero-order chi connectivity index (χ0) is 23.4. The van der Waals surface area contributed by atoms with Crippen LogP contribution in [0, 0.1) is 6.92 Å². The lowest BCUT2D eigenvalue weighted by atomic mass is 10.2. The molecular formula is C26H24N4O2S. The van der Waals surface area contributed by atoms with Gasteiger partial charge in [-0.1, -0.05) is 36.4 Å². The molecule has 0 atom stereocenters. The van der Waals surface area contributed by atoms with Gasteiger partial charge in [0.05, 0.1) is 17.1 Å². The van der Waals surface area contributed by atoms with Crippen molar-refractivity contribution in [1.29, 1.82) is 0 Å². The number of aliphatic imine (C=N–C) groups is 1. The van der Waals surface area contributed by atoms with E-state index in [-0.39, 0.29) is 17.2 Å². The molecule has 33 heavy (non-hydrogen) atoms. The highest BCUT2D eigenvalue weighted by molar-refractivity contribution is 7.98. The first-order valence-electron chi connectivity index (χ1n) is 10.4. The number of amides is 1. The lowest BCUT2D eigenvalue weighted by Gasteiger charge is -2.07. The summed E-state index contributed by atoms with van der Waals surface area (Å²) in [6.45, 7) is 1.81. The number of nitrogens with one attached hydrogen (secondary N) is 1. The molecule has 1 amide bonds. The maximum absolute atomic E-state index is 13.1. The third kappa shape index (κ3) is 4.83. The van der Waals surface area contributed by atoms with Crippen LogP contribution in [0.1, 0.15) is 21.6 Å². The highest BCUT2D eigenvalue weighted by Gasteiger charge is 2.18. The van der Waals surface area contributed by atoms with Gasteiger partial charge in [-0.2, -0.15) is 0 Å². The molecule has 3 aromatic carbocycles. The molecule has 0 aliphatic carbocycles. The molecule has 0 bridgehead atoms. The van der Waals surface area contributed by atoms with Gasteiger partial charge in [-0.3, -0.25) is 19.3 Å². The standard InChI is InChI=1S/C26H24N4O2S/c1-18-24(26(32)30(29(18)2)22-10-5-4-6-11-22)28-25(31)20-8-7-9-21(16-20)27-17-19-12-14-23(33-3)15-13-19/h4-17H,1-3H3,(H,28,31). The van der Waals surface area contributed by atoms with Gasteiger partial charge in [-0.25, -0.2) is 4.68 Å². The molecule has 1 aromatic heterocycles. The first-order chi connectivity index (χ1) is 16.0. The Morgan fingerprint density at radius 2 is 1.73 bits per heavy atom. The molecule has 166 valence electrons. The predicted octanol–water partition coefficient (Wildman–Crippen LogP) is 5.21. The molecule has 0 unspecified atom stereocenters. The van der Waals surface area contributed by atoms with Gasteiger partial charge >= 0.3 is 0 Å². The van der Waals surface area contributed by atoms with E-state index in [1.54, 1.807) is 54.8 Å². The number of thioether (sulfide) groups is 1. The maximum Gasteiger partial charge on any atom is 0.295 e. The van der Waals surface area contributed by atoms with Gasteiger partial charge in [0.25, 0.3) is 11.5 Å². The predicted molar refractivity (Wildman–Crippen MR) is 136 cm³/mol. The van der Waals surface area contributed by atoms with Gasteiger partial charge in [-0.05, 0) is 61.2 Å². The molecule has 4 rings (SSSR count). The molecule has 0 saturated heterocycles. The van der Waals surface area contributed by atoms with Crippen molar-refractivity contribution in [2.45, 2.75) is 11.8 Å². The van der Waals surface area contributed by atoms with E-state index < -0.39 is 0 Å². The van der Waals surface area contributed by atoms with Crippen molar-refractivity contribution in [2.24, 2.45) is 12.0 Å². The van der Waals surface area contributed by atoms with Crippen LogP contribution in [0.3, 0.4) is 0 Å². The zero-order valence-corrected chi connectivity index (χ0v) is 19.5. The summed E-state index contributed by atoms with van der Waals surface area (Å²) >= 11 is 1.69. The van der Waals surface area contributed by atoms with Crippen molar-refractivity contribution in [3.63, 3.8) is 0 Å². The molecule has 0 saturated carbocycles. The van der Waals surface area contributed by atoms with E-state index in [1.807, 2.05) is 66.9 Å². The SMILES string of the molecule is CSc1ccc(C=Nc2cccc(C(=O)Nc3c(C)n(C)n(-c4ccccc4)c3=O)c2)cc1. The van der Waals surface area contributed by atoms with Crippen LogP contribution in [-0.4, -0.2) is 27.7 Å². The Labute approximate surface area is 196 Å². The van der Waals surface area contributed by atoms with Crippen molar-refractivity contribution in [3.05, 3.63) is 106 Å². The summed E-state index contributed by atoms with van der Waals surface area (Å²) in [5, 5.41) is 2.79. The summed E-state index contributed by atoms with van der Waals surface area (Å²) in [7, 11) is 1.79. The third-order valence-corrected chi connectivity index (χ3v) is 6.12. The number of aromatic nitrogens is 2. The number of benzene rings is 3. The number of rotatable bonds is 6. The first kappa shape index (κ1) is 22.4. The number of hydrogen-bond donors (Lipinski definition) is 1. The van der Waals surface area contributed by atoms with E-state index in [2.05, 4.69) is 10.3 Å². The van der Waals surface area contributed by atoms with Crippen LogP contribution in [0.15, 0.2) is 93.5 Å². The van der Waals surface area contributed by atoms with E-state index >= 15 is 0 Å². The monoisotopic (exact) mass is 456 g/mol. The largest absolute Gasteiger partial charge is 0.316 e. The Morgan fingerprint density at radius 3 is 2.42 bits per heavy atom. The zero-order valence-electron chi connectivity index (χ0n) is 18.6. The second-order valence-electron chi connectivity index (χ2n) is 7.47. The van der Waals surface area contributed by atoms with E-state index in [4.69, 9.17) is 0 Å². The van der Waals surface area contributed by atoms with Crippen LogP contribution >= 0.6 is 11.8 Å². The molecule has 0 spiro atoms. The highest BCUT2D eigenvalue weighted by atomic mass is 32.2. The van der Waals surface area contributed by atoms with E-state index in [0.717, 1.165) is 11.3 Å². The van der Waals surface area contributed by atoms with Crippen LogP contribution in [0.4, 0.5) is 11.4 Å². The number of hydrogen-bond acceptors (Lipinski definition) is 4. The van der Waals surface area contributed by atoms with Gasteiger partial charge in [0, 0.05) is 23.7 Å². The fraction of sp³-hybridized carbons (Fsp3) is 0.115. The molecule has 4 aromatic rings. The van der Waals surface area contributed by atoms with Crippen molar-refractivity contribution in [2.75, 3.05) is 11.6 Å². The summed E-state index contributed by atoms with van der Waals surface area (Å²) in [5.41, 5.74) is 3.44. The Balaban J connectivity index is 1.56. The van der Waals surface area contributed by atoms with Gasteiger partial charge in [-0.15, -0.1) is 11.8 Å².